The molecule has 2 heterocycles. The van der Waals surface area contributed by atoms with E-state index in [0.29, 0.717) is 11.5 Å². The van der Waals surface area contributed by atoms with Gasteiger partial charge in [-0.2, -0.15) is 0 Å². The topological polar surface area (TPSA) is 45.2 Å². The van der Waals surface area contributed by atoms with Gasteiger partial charge in [0.25, 0.3) is 5.91 Å². The zero-order chi connectivity index (χ0) is 26.9. The first-order chi connectivity index (χ1) is 19.6. The second-order valence-corrected chi connectivity index (χ2v) is 13.0. The van der Waals surface area contributed by atoms with E-state index >= 15 is 0 Å². The summed E-state index contributed by atoms with van der Waals surface area (Å²) in [5.41, 5.74) is 5.27. The van der Waals surface area contributed by atoms with Crippen LogP contribution < -0.4 is 5.32 Å². The highest BCUT2D eigenvalue weighted by Crippen LogP contribution is 2.59. The minimum absolute atomic E-state index is 0.0740. The highest BCUT2D eigenvalue weighted by molar-refractivity contribution is 6.04. The molecule has 1 amide bonds. The van der Waals surface area contributed by atoms with Crippen molar-refractivity contribution in [1.29, 1.82) is 0 Å². The predicted molar refractivity (Wildman–Crippen MR) is 160 cm³/mol. The Balaban J connectivity index is 0.912. The van der Waals surface area contributed by atoms with Crippen molar-refractivity contribution in [2.45, 2.75) is 63.8 Å². The third-order valence-corrected chi connectivity index (χ3v) is 9.97. The number of nitrogens with one attached hydrogen (secondary N) is 1. The number of benzene rings is 2. The number of hydrogen-bond donors (Lipinski definition) is 1. The summed E-state index contributed by atoms with van der Waals surface area (Å²) in [6.45, 7) is 3.07. The van der Waals surface area contributed by atoms with Crippen LogP contribution in [0.2, 0.25) is 0 Å². The molecule has 3 aromatic rings. The first kappa shape index (κ1) is 25.5. The number of pyridine rings is 1. The van der Waals surface area contributed by atoms with Crippen LogP contribution in [-0.2, 0) is 6.54 Å². The van der Waals surface area contributed by atoms with Crippen molar-refractivity contribution in [3.8, 4) is 11.8 Å². The van der Waals surface area contributed by atoms with Crippen LogP contribution in [-0.4, -0.2) is 28.9 Å². The quantitative estimate of drug-likeness (QED) is 0.353. The summed E-state index contributed by atoms with van der Waals surface area (Å²) in [7, 11) is 0. The first-order valence-corrected chi connectivity index (χ1v) is 15.3. The molecule has 0 unspecified atom stereocenters. The van der Waals surface area contributed by atoms with Gasteiger partial charge in [-0.25, -0.2) is 0 Å². The second-order valence-electron chi connectivity index (χ2n) is 13.0. The lowest BCUT2D eigenvalue weighted by Gasteiger charge is -2.54. The molecule has 4 bridgehead atoms. The first-order valence-electron chi connectivity index (χ1n) is 15.3. The van der Waals surface area contributed by atoms with E-state index in [0.717, 1.165) is 61.5 Å². The van der Waals surface area contributed by atoms with Gasteiger partial charge in [0, 0.05) is 46.6 Å². The van der Waals surface area contributed by atoms with Crippen LogP contribution in [0.5, 0.6) is 0 Å². The average molecular weight is 530 g/mol. The molecule has 8 rings (SSSR count). The summed E-state index contributed by atoms with van der Waals surface area (Å²) in [6.07, 6.45) is 12.5. The highest BCUT2D eigenvalue weighted by Gasteiger charge is 2.50. The van der Waals surface area contributed by atoms with Crippen molar-refractivity contribution < 1.29 is 4.79 Å². The Morgan fingerprint density at radius 1 is 0.875 bits per heavy atom. The SMILES string of the molecule is O=C(Nc1ccc(C#CC23CC4CC(CC(C4)C2)C3)cc1)c1ccc(CN2CCC(c3ccccn3)CC2)cc1. The van der Waals surface area contributed by atoms with Gasteiger partial charge in [0.1, 0.15) is 0 Å². The monoisotopic (exact) mass is 529 g/mol. The summed E-state index contributed by atoms with van der Waals surface area (Å²) >= 11 is 0. The van der Waals surface area contributed by atoms with E-state index in [1.807, 2.05) is 48.7 Å². The van der Waals surface area contributed by atoms with E-state index in [4.69, 9.17) is 0 Å². The summed E-state index contributed by atoms with van der Waals surface area (Å²) in [5, 5.41) is 3.05. The lowest BCUT2D eigenvalue weighted by atomic mass is 9.50. The molecular formula is C36H39N3O. The molecule has 5 fully saturated rings. The molecule has 1 N–H and O–H groups in total. The minimum Gasteiger partial charge on any atom is -0.322 e. The van der Waals surface area contributed by atoms with Crippen molar-refractivity contribution >= 4 is 11.6 Å². The fourth-order valence-electron chi connectivity index (χ4n) is 8.33. The molecular weight excluding hydrogens is 490 g/mol. The Kier molecular flexibility index (Phi) is 6.94. The number of carbonyl (C=O) groups excluding carboxylic acids is 1. The molecule has 0 radical (unpaired) electrons. The van der Waals surface area contributed by atoms with E-state index in [1.165, 1.54) is 49.8 Å². The maximum absolute atomic E-state index is 12.9. The van der Waals surface area contributed by atoms with E-state index in [2.05, 4.69) is 51.3 Å². The van der Waals surface area contributed by atoms with Crippen molar-refractivity contribution in [2.75, 3.05) is 18.4 Å². The number of piperidine rings is 1. The van der Waals surface area contributed by atoms with Crippen LogP contribution in [0, 0.1) is 35.0 Å². The second kappa shape index (κ2) is 10.9. The van der Waals surface area contributed by atoms with Crippen molar-refractivity contribution in [2.24, 2.45) is 23.2 Å². The van der Waals surface area contributed by atoms with Gasteiger partial charge in [-0.05, 0) is 136 Å². The summed E-state index contributed by atoms with van der Waals surface area (Å²) in [5.74, 6) is 10.5. The Bertz CT molecular complexity index is 1360. The molecule has 5 aliphatic rings. The van der Waals surface area contributed by atoms with Crippen LogP contribution in [0.25, 0.3) is 0 Å². The molecule has 0 spiro atoms. The van der Waals surface area contributed by atoms with Crippen LogP contribution >= 0.6 is 0 Å². The molecule has 4 aliphatic carbocycles. The fourth-order valence-corrected chi connectivity index (χ4v) is 8.33. The Morgan fingerprint density at radius 3 is 2.17 bits per heavy atom. The Morgan fingerprint density at radius 2 is 1.55 bits per heavy atom. The van der Waals surface area contributed by atoms with Crippen molar-refractivity contribution in [1.82, 2.24) is 9.88 Å². The Labute approximate surface area is 238 Å². The summed E-state index contributed by atoms with van der Waals surface area (Å²) < 4.78 is 0. The zero-order valence-corrected chi connectivity index (χ0v) is 23.3. The molecule has 1 saturated heterocycles. The number of nitrogens with zero attached hydrogens (tertiary/aromatic N) is 2. The molecule has 4 saturated carbocycles. The predicted octanol–water partition coefficient (Wildman–Crippen LogP) is 7.28. The molecule has 2 aromatic carbocycles. The minimum atomic E-state index is -0.0740. The summed E-state index contributed by atoms with van der Waals surface area (Å²) in [6, 6.07) is 22.3. The van der Waals surface area contributed by atoms with E-state index in [-0.39, 0.29) is 11.3 Å². The number of carbonyl (C=O) groups is 1. The number of amides is 1. The van der Waals surface area contributed by atoms with Crippen LogP contribution in [0.4, 0.5) is 5.69 Å². The third kappa shape index (κ3) is 5.58. The zero-order valence-electron chi connectivity index (χ0n) is 23.3. The highest BCUT2D eigenvalue weighted by atomic mass is 16.1. The Hall–Kier alpha value is -3.42. The molecule has 4 nitrogen and oxygen atoms in total. The largest absolute Gasteiger partial charge is 0.322 e. The molecule has 0 atom stereocenters. The lowest BCUT2D eigenvalue weighted by molar-refractivity contribution is -0.0181. The van der Waals surface area contributed by atoms with Crippen LogP contribution in [0.1, 0.15) is 84.5 Å². The van der Waals surface area contributed by atoms with Gasteiger partial charge in [-0.15, -0.1) is 0 Å². The van der Waals surface area contributed by atoms with Gasteiger partial charge in [-0.1, -0.05) is 30.0 Å². The number of anilines is 1. The molecule has 40 heavy (non-hydrogen) atoms. The van der Waals surface area contributed by atoms with Gasteiger partial charge >= 0.3 is 0 Å². The number of hydrogen-bond acceptors (Lipinski definition) is 3. The summed E-state index contributed by atoms with van der Waals surface area (Å²) in [4.78, 5) is 20.0. The van der Waals surface area contributed by atoms with Crippen molar-refractivity contribution in [3.63, 3.8) is 0 Å². The fraction of sp³-hybridized carbons (Fsp3) is 0.444. The van der Waals surface area contributed by atoms with Gasteiger partial charge < -0.3 is 5.32 Å². The lowest BCUT2D eigenvalue weighted by Crippen LogP contribution is -2.45. The van der Waals surface area contributed by atoms with Crippen molar-refractivity contribution in [3.05, 3.63) is 95.3 Å². The van der Waals surface area contributed by atoms with Gasteiger partial charge in [-0.3, -0.25) is 14.7 Å². The van der Waals surface area contributed by atoms with E-state index in [1.54, 1.807) is 0 Å². The normalized spacial score (nSPS) is 27.6. The van der Waals surface area contributed by atoms with E-state index in [9.17, 15) is 4.79 Å². The smallest absolute Gasteiger partial charge is 0.255 e. The molecule has 204 valence electrons. The number of likely N-dealkylation sites (tertiary alicyclic amines) is 1. The molecule has 1 aromatic heterocycles. The van der Waals surface area contributed by atoms with E-state index < -0.39 is 0 Å². The van der Waals surface area contributed by atoms with Crippen LogP contribution in [0.3, 0.4) is 0 Å². The number of aromatic nitrogens is 1. The van der Waals surface area contributed by atoms with Gasteiger partial charge in [0.2, 0.25) is 0 Å². The number of rotatable bonds is 5. The maximum atomic E-state index is 12.9. The molecule has 4 heteroatoms. The molecule has 1 aliphatic heterocycles. The average Bonchev–Trinajstić information content (AvgIpc) is 2.97. The van der Waals surface area contributed by atoms with Gasteiger partial charge in [0.05, 0.1) is 0 Å². The third-order valence-electron chi connectivity index (χ3n) is 9.97. The standard InChI is InChI=1S/C36H39N3O/c40-35(32-8-4-27(5-9-32)25-39-17-13-31(14-18-39)34-3-1-2-16-37-34)38-33-10-6-26(7-11-33)12-15-36-22-28-19-29(23-36)21-30(20-28)24-36/h1-11,16,28-31H,13-14,17-25H2,(H,38,40). The van der Waals surface area contributed by atoms with Crippen LogP contribution in [0.15, 0.2) is 72.9 Å². The van der Waals surface area contributed by atoms with Gasteiger partial charge in [0.15, 0.2) is 0 Å². The maximum Gasteiger partial charge on any atom is 0.255 e.